The van der Waals surface area contributed by atoms with Gasteiger partial charge in [-0.25, -0.2) is 4.39 Å². The summed E-state index contributed by atoms with van der Waals surface area (Å²) in [5.74, 6) is 0.222. The van der Waals surface area contributed by atoms with Crippen molar-refractivity contribution in [3.8, 4) is 5.69 Å². The van der Waals surface area contributed by atoms with Gasteiger partial charge in [0.15, 0.2) is 0 Å². The highest BCUT2D eigenvalue weighted by molar-refractivity contribution is 7.98. The van der Waals surface area contributed by atoms with Crippen molar-refractivity contribution in [3.05, 3.63) is 64.4 Å². The van der Waals surface area contributed by atoms with Crippen molar-refractivity contribution in [1.29, 1.82) is 0 Å². The van der Waals surface area contributed by atoms with E-state index in [2.05, 4.69) is 15.5 Å². The second-order valence-corrected chi connectivity index (χ2v) is 6.04. The van der Waals surface area contributed by atoms with Crippen LogP contribution in [0.15, 0.2) is 47.6 Å². The molecule has 0 radical (unpaired) electrons. The average Bonchev–Trinajstić information content (AvgIpc) is 2.98. The molecule has 0 saturated heterocycles. The maximum absolute atomic E-state index is 13.6. The van der Waals surface area contributed by atoms with Crippen LogP contribution >= 0.6 is 23.4 Å². The van der Waals surface area contributed by atoms with E-state index in [1.807, 2.05) is 25.1 Å². The predicted octanol–water partition coefficient (Wildman–Crippen LogP) is 4.06. The van der Waals surface area contributed by atoms with Crippen LogP contribution in [0.25, 0.3) is 5.69 Å². The Morgan fingerprint density at radius 2 is 2.05 bits per heavy atom. The molecule has 112 valence electrons. The summed E-state index contributed by atoms with van der Waals surface area (Å²) < 4.78 is 15.2. The van der Waals surface area contributed by atoms with Crippen LogP contribution < -0.4 is 0 Å². The second kappa shape index (κ2) is 6.46. The molecule has 1 heterocycles. The van der Waals surface area contributed by atoms with Crippen molar-refractivity contribution in [2.75, 3.05) is 0 Å². The van der Waals surface area contributed by atoms with E-state index in [1.54, 1.807) is 22.9 Å². The molecule has 0 spiro atoms. The van der Waals surface area contributed by atoms with Gasteiger partial charge in [-0.15, -0.1) is 5.10 Å². The molecule has 0 bridgehead atoms. The third-order valence-electron chi connectivity index (χ3n) is 3.16. The normalized spacial score (nSPS) is 10.9. The number of hydrogen-bond donors (Lipinski definition) is 0. The molecule has 0 N–H and O–H groups in total. The summed E-state index contributed by atoms with van der Waals surface area (Å²) in [6, 6.07) is 12.3. The number of rotatable bonds is 4. The van der Waals surface area contributed by atoms with Gasteiger partial charge in [-0.05, 0) is 46.7 Å². The van der Waals surface area contributed by atoms with Crippen LogP contribution in [0.1, 0.15) is 11.1 Å². The van der Waals surface area contributed by atoms with Gasteiger partial charge in [0.25, 0.3) is 0 Å². The molecule has 0 fully saturated rings. The molecule has 22 heavy (non-hydrogen) atoms. The lowest BCUT2D eigenvalue weighted by atomic mass is 10.2. The standard InChI is InChI=1S/C15H12ClFN4S/c1-10-6-7-12(8-13(10)16)21-15(18-19-20-21)22-9-11-4-2-3-5-14(11)17/h2-8H,9H2,1H3. The van der Waals surface area contributed by atoms with Crippen molar-refractivity contribution in [1.82, 2.24) is 20.2 Å². The highest BCUT2D eigenvalue weighted by atomic mass is 35.5. The van der Waals surface area contributed by atoms with Gasteiger partial charge in [0, 0.05) is 10.8 Å². The summed E-state index contributed by atoms with van der Waals surface area (Å²) in [5, 5.41) is 12.9. The van der Waals surface area contributed by atoms with Crippen LogP contribution in [0, 0.1) is 12.7 Å². The minimum Gasteiger partial charge on any atom is -0.207 e. The minimum absolute atomic E-state index is 0.229. The number of halogens is 2. The predicted molar refractivity (Wildman–Crippen MR) is 84.9 cm³/mol. The molecule has 0 atom stereocenters. The number of thioether (sulfide) groups is 1. The van der Waals surface area contributed by atoms with Crippen LogP contribution in [0.3, 0.4) is 0 Å². The molecular formula is C15H12ClFN4S. The molecule has 0 aliphatic heterocycles. The molecule has 1 aromatic heterocycles. The first-order chi connectivity index (χ1) is 10.6. The minimum atomic E-state index is -0.229. The van der Waals surface area contributed by atoms with Crippen molar-refractivity contribution in [3.63, 3.8) is 0 Å². The smallest absolute Gasteiger partial charge is 0.207 e. The lowest BCUT2D eigenvalue weighted by molar-refractivity contribution is 0.617. The molecule has 2 aromatic carbocycles. The molecule has 0 unspecified atom stereocenters. The van der Waals surface area contributed by atoms with Crippen LogP contribution in [0.2, 0.25) is 5.02 Å². The zero-order valence-electron chi connectivity index (χ0n) is 11.7. The van der Waals surface area contributed by atoms with Gasteiger partial charge in [0.1, 0.15) is 5.82 Å². The van der Waals surface area contributed by atoms with E-state index in [0.717, 1.165) is 11.3 Å². The van der Waals surface area contributed by atoms with E-state index in [0.29, 0.717) is 21.5 Å². The summed E-state index contributed by atoms with van der Waals surface area (Å²) >= 11 is 7.51. The van der Waals surface area contributed by atoms with Gasteiger partial charge >= 0.3 is 0 Å². The van der Waals surface area contributed by atoms with E-state index in [-0.39, 0.29) is 5.82 Å². The Morgan fingerprint density at radius 1 is 1.23 bits per heavy atom. The summed E-state index contributed by atoms with van der Waals surface area (Å²) in [6.45, 7) is 1.93. The Labute approximate surface area is 136 Å². The molecule has 0 aliphatic carbocycles. The fourth-order valence-electron chi connectivity index (χ4n) is 1.90. The van der Waals surface area contributed by atoms with Gasteiger partial charge in [0.05, 0.1) is 5.69 Å². The Morgan fingerprint density at radius 3 is 2.82 bits per heavy atom. The molecule has 4 nitrogen and oxygen atoms in total. The number of nitrogens with zero attached hydrogens (tertiary/aromatic N) is 4. The van der Waals surface area contributed by atoms with Crippen molar-refractivity contribution in [2.24, 2.45) is 0 Å². The van der Waals surface area contributed by atoms with E-state index < -0.39 is 0 Å². The van der Waals surface area contributed by atoms with Crippen LogP contribution in [0.5, 0.6) is 0 Å². The summed E-state index contributed by atoms with van der Waals surface area (Å²) in [7, 11) is 0. The number of benzene rings is 2. The van der Waals surface area contributed by atoms with Crippen molar-refractivity contribution < 1.29 is 4.39 Å². The summed E-state index contributed by atoms with van der Waals surface area (Å²) in [6.07, 6.45) is 0. The van der Waals surface area contributed by atoms with Gasteiger partial charge < -0.3 is 0 Å². The highest BCUT2D eigenvalue weighted by Crippen LogP contribution is 2.25. The number of hydrogen-bond acceptors (Lipinski definition) is 4. The first-order valence-electron chi connectivity index (χ1n) is 6.56. The summed E-state index contributed by atoms with van der Waals surface area (Å²) in [4.78, 5) is 0. The second-order valence-electron chi connectivity index (χ2n) is 4.69. The van der Waals surface area contributed by atoms with Crippen LogP contribution in [-0.4, -0.2) is 20.2 Å². The Bertz CT molecular complexity index is 806. The van der Waals surface area contributed by atoms with E-state index in [9.17, 15) is 4.39 Å². The van der Waals surface area contributed by atoms with Crippen molar-refractivity contribution >= 4 is 23.4 Å². The SMILES string of the molecule is Cc1ccc(-n2nnnc2SCc2ccccc2F)cc1Cl. The Balaban J connectivity index is 1.83. The molecule has 0 amide bonds. The number of aromatic nitrogens is 4. The Kier molecular flexibility index (Phi) is 4.40. The molecule has 0 aliphatic rings. The average molecular weight is 335 g/mol. The van der Waals surface area contributed by atoms with Gasteiger partial charge in [-0.2, -0.15) is 4.68 Å². The summed E-state index contributed by atoms with van der Waals surface area (Å²) in [5.41, 5.74) is 2.37. The third-order valence-corrected chi connectivity index (χ3v) is 4.53. The fourth-order valence-corrected chi connectivity index (χ4v) is 2.95. The zero-order chi connectivity index (χ0) is 15.5. The molecule has 3 aromatic rings. The quantitative estimate of drug-likeness (QED) is 0.675. The van der Waals surface area contributed by atoms with E-state index >= 15 is 0 Å². The molecule has 0 saturated carbocycles. The van der Waals surface area contributed by atoms with Crippen LogP contribution in [0.4, 0.5) is 4.39 Å². The lowest BCUT2D eigenvalue weighted by Gasteiger charge is -2.06. The van der Waals surface area contributed by atoms with Gasteiger partial charge in [-0.1, -0.05) is 47.6 Å². The highest BCUT2D eigenvalue weighted by Gasteiger charge is 2.11. The maximum atomic E-state index is 13.6. The first-order valence-corrected chi connectivity index (χ1v) is 7.92. The number of tetrazole rings is 1. The van der Waals surface area contributed by atoms with E-state index in [4.69, 9.17) is 11.6 Å². The lowest BCUT2D eigenvalue weighted by Crippen LogP contribution is -1.99. The van der Waals surface area contributed by atoms with E-state index in [1.165, 1.54) is 17.8 Å². The zero-order valence-corrected chi connectivity index (χ0v) is 13.3. The molecule has 7 heteroatoms. The topological polar surface area (TPSA) is 43.6 Å². The third kappa shape index (κ3) is 3.13. The fraction of sp³-hybridized carbons (Fsp3) is 0.133. The number of aryl methyl sites for hydroxylation is 1. The largest absolute Gasteiger partial charge is 0.214 e. The monoisotopic (exact) mass is 334 g/mol. The molecule has 3 rings (SSSR count). The van der Waals surface area contributed by atoms with Crippen LogP contribution in [-0.2, 0) is 5.75 Å². The van der Waals surface area contributed by atoms with Crippen molar-refractivity contribution in [2.45, 2.75) is 17.8 Å². The Hall–Kier alpha value is -1.92. The maximum Gasteiger partial charge on any atom is 0.214 e. The first kappa shape index (κ1) is 15.0. The van der Waals surface area contributed by atoms with Gasteiger partial charge in [0.2, 0.25) is 5.16 Å². The molecular weight excluding hydrogens is 323 g/mol. The van der Waals surface area contributed by atoms with Gasteiger partial charge in [-0.3, -0.25) is 0 Å².